The number of carbonyl (C=O) groups excluding carboxylic acids is 3. The van der Waals surface area contributed by atoms with Crippen molar-refractivity contribution in [1.82, 2.24) is 24.8 Å². The van der Waals surface area contributed by atoms with Crippen molar-refractivity contribution in [2.45, 2.75) is 44.2 Å². The standard InChI is InChI=1S/C24H29N5O6/c1-3-11-27(14-29-16-8-6-5-7-15(16)25-26-29)22(32)20-24-10-9-17(35-24)18(23(33)34-4-2)19(24)21(31)28(20)12-13-30/h3,5-8,17-20,30H,1,4,9-14H2,2H3/t17-,18+,19+,20?,24?/m1/s1. The van der Waals surface area contributed by atoms with E-state index in [1.165, 1.54) is 4.90 Å². The highest BCUT2D eigenvalue weighted by Crippen LogP contribution is 2.58. The van der Waals surface area contributed by atoms with Crippen molar-refractivity contribution in [3.8, 4) is 0 Å². The van der Waals surface area contributed by atoms with Crippen LogP contribution in [0.1, 0.15) is 19.8 Å². The molecule has 0 aliphatic carbocycles. The molecule has 35 heavy (non-hydrogen) atoms. The minimum atomic E-state index is -1.14. The van der Waals surface area contributed by atoms with E-state index < -0.39 is 35.6 Å². The van der Waals surface area contributed by atoms with Crippen molar-refractivity contribution in [3.05, 3.63) is 36.9 Å². The van der Waals surface area contributed by atoms with Crippen molar-refractivity contribution in [3.63, 3.8) is 0 Å². The van der Waals surface area contributed by atoms with E-state index in [9.17, 15) is 19.5 Å². The number of nitrogens with zero attached hydrogens (tertiary/aromatic N) is 5. The Labute approximate surface area is 202 Å². The summed E-state index contributed by atoms with van der Waals surface area (Å²) in [6.07, 6.45) is 2.16. The van der Waals surface area contributed by atoms with Crippen LogP contribution in [0.25, 0.3) is 11.0 Å². The number of fused-ring (bicyclic) bond motifs is 2. The highest BCUT2D eigenvalue weighted by atomic mass is 16.6. The van der Waals surface area contributed by atoms with E-state index in [2.05, 4.69) is 16.9 Å². The predicted molar refractivity (Wildman–Crippen MR) is 122 cm³/mol. The predicted octanol–water partition coefficient (Wildman–Crippen LogP) is 0.333. The Bertz CT molecular complexity index is 1170. The Hall–Kier alpha value is -3.31. The quantitative estimate of drug-likeness (QED) is 0.399. The monoisotopic (exact) mass is 483 g/mol. The number of amides is 2. The van der Waals surface area contributed by atoms with E-state index in [1.807, 2.05) is 24.3 Å². The first kappa shape index (κ1) is 23.4. The molecule has 1 N–H and O–H groups in total. The van der Waals surface area contributed by atoms with Gasteiger partial charge in [-0.15, -0.1) is 11.7 Å². The molecule has 3 fully saturated rings. The number of rotatable bonds is 9. The molecular weight excluding hydrogens is 454 g/mol. The molecule has 11 nitrogen and oxygen atoms in total. The number of para-hydroxylation sites is 1. The zero-order valence-corrected chi connectivity index (χ0v) is 19.6. The maximum absolute atomic E-state index is 14.1. The van der Waals surface area contributed by atoms with Gasteiger partial charge in [0.1, 0.15) is 23.8 Å². The van der Waals surface area contributed by atoms with Crippen LogP contribution >= 0.6 is 0 Å². The molecule has 5 rings (SSSR count). The molecule has 11 heteroatoms. The first-order valence-electron chi connectivity index (χ1n) is 11.9. The largest absolute Gasteiger partial charge is 0.466 e. The molecule has 186 valence electrons. The number of likely N-dealkylation sites (tertiary alicyclic amines) is 1. The van der Waals surface area contributed by atoms with Crippen LogP contribution in [0.5, 0.6) is 0 Å². The molecule has 1 spiro atoms. The van der Waals surface area contributed by atoms with Crippen LogP contribution in [0.3, 0.4) is 0 Å². The van der Waals surface area contributed by atoms with Gasteiger partial charge in [-0.1, -0.05) is 23.4 Å². The van der Waals surface area contributed by atoms with Crippen LogP contribution in [-0.2, 0) is 30.5 Å². The third kappa shape index (κ3) is 3.52. The lowest BCUT2D eigenvalue weighted by Gasteiger charge is -2.36. The summed E-state index contributed by atoms with van der Waals surface area (Å²) in [5, 5.41) is 18.1. The minimum Gasteiger partial charge on any atom is -0.466 e. The van der Waals surface area contributed by atoms with E-state index in [-0.39, 0.29) is 44.8 Å². The first-order chi connectivity index (χ1) is 17.0. The van der Waals surface area contributed by atoms with Crippen molar-refractivity contribution in [2.24, 2.45) is 11.8 Å². The van der Waals surface area contributed by atoms with Gasteiger partial charge in [0.15, 0.2) is 0 Å². The van der Waals surface area contributed by atoms with Gasteiger partial charge >= 0.3 is 5.97 Å². The molecule has 3 saturated heterocycles. The lowest BCUT2D eigenvalue weighted by Crippen LogP contribution is -2.56. The van der Waals surface area contributed by atoms with Gasteiger partial charge in [-0.05, 0) is 31.9 Å². The molecule has 2 aromatic rings. The summed E-state index contributed by atoms with van der Waals surface area (Å²) < 4.78 is 13.2. The fourth-order valence-corrected chi connectivity index (χ4v) is 6.02. The molecule has 3 aliphatic heterocycles. The Morgan fingerprint density at radius 2 is 2.20 bits per heavy atom. The average molecular weight is 484 g/mol. The summed E-state index contributed by atoms with van der Waals surface area (Å²) in [6, 6.07) is 6.44. The minimum absolute atomic E-state index is 0.0365. The van der Waals surface area contributed by atoms with Gasteiger partial charge in [0.2, 0.25) is 11.8 Å². The van der Waals surface area contributed by atoms with Crippen molar-refractivity contribution in [1.29, 1.82) is 0 Å². The zero-order valence-electron chi connectivity index (χ0n) is 19.6. The summed E-state index contributed by atoms with van der Waals surface area (Å²) in [5.74, 6) is -2.77. The Morgan fingerprint density at radius 3 is 2.94 bits per heavy atom. The topological polar surface area (TPSA) is 127 Å². The van der Waals surface area contributed by atoms with Crippen LogP contribution in [0.15, 0.2) is 36.9 Å². The maximum atomic E-state index is 14.1. The number of β-amino-alcohol motifs (C(OH)–C–C–N with tert-alkyl or cyclic N) is 1. The third-order valence-corrected chi connectivity index (χ3v) is 7.32. The van der Waals surface area contributed by atoms with E-state index in [0.717, 1.165) is 5.52 Å². The van der Waals surface area contributed by atoms with E-state index in [1.54, 1.807) is 22.6 Å². The normalized spacial score (nSPS) is 29.0. The molecule has 5 atom stereocenters. The van der Waals surface area contributed by atoms with Gasteiger partial charge in [-0.2, -0.15) is 0 Å². The maximum Gasteiger partial charge on any atom is 0.312 e. The summed E-state index contributed by atoms with van der Waals surface area (Å²) in [4.78, 5) is 43.4. The molecule has 3 aliphatic rings. The van der Waals surface area contributed by atoms with Gasteiger partial charge in [-0.3, -0.25) is 14.4 Å². The molecule has 0 saturated carbocycles. The number of hydrogen-bond donors (Lipinski definition) is 1. The summed E-state index contributed by atoms with van der Waals surface area (Å²) in [5.41, 5.74) is 0.320. The number of aliphatic hydroxyl groups excluding tert-OH is 1. The average Bonchev–Trinajstić information content (AvgIpc) is 3.59. The smallest absolute Gasteiger partial charge is 0.312 e. The van der Waals surface area contributed by atoms with Gasteiger partial charge in [0, 0.05) is 13.1 Å². The summed E-state index contributed by atoms with van der Waals surface area (Å²) in [6.45, 7) is 5.63. The van der Waals surface area contributed by atoms with Crippen molar-refractivity contribution >= 4 is 28.8 Å². The summed E-state index contributed by atoms with van der Waals surface area (Å²) in [7, 11) is 0. The SMILES string of the molecule is C=CCN(Cn1nnc2ccccc21)C(=O)C1N(CCO)C(=O)[C@@H]2[C@@H](C(=O)OCC)[C@H]3CCC12O3. The van der Waals surface area contributed by atoms with Gasteiger partial charge in [0.25, 0.3) is 0 Å². The molecule has 2 amide bonds. The Kier molecular flexibility index (Phi) is 6.06. The van der Waals surface area contributed by atoms with Gasteiger partial charge in [0.05, 0.1) is 36.7 Å². The number of esters is 1. The fraction of sp³-hybridized carbons (Fsp3) is 0.542. The first-order valence-corrected chi connectivity index (χ1v) is 11.9. The molecule has 2 unspecified atom stereocenters. The van der Waals surface area contributed by atoms with E-state index >= 15 is 0 Å². The number of aromatic nitrogens is 3. The Balaban J connectivity index is 1.50. The van der Waals surface area contributed by atoms with E-state index in [4.69, 9.17) is 9.47 Å². The lowest BCUT2D eigenvalue weighted by molar-refractivity contribution is -0.155. The molecule has 1 aromatic heterocycles. The number of benzene rings is 1. The number of hydrogen-bond acceptors (Lipinski definition) is 8. The number of carbonyl (C=O) groups is 3. The Morgan fingerprint density at radius 1 is 1.40 bits per heavy atom. The number of aliphatic hydroxyl groups is 1. The lowest BCUT2D eigenvalue weighted by atomic mass is 9.70. The highest BCUT2D eigenvalue weighted by molar-refractivity contribution is 5.98. The summed E-state index contributed by atoms with van der Waals surface area (Å²) >= 11 is 0. The zero-order chi connectivity index (χ0) is 24.7. The molecule has 4 heterocycles. The molecular formula is C24H29N5O6. The van der Waals surface area contributed by atoms with Gasteiger partial charge in [-0.25, -0.2) is 4.68 Å². The van der Waals surface area contributed by atoms with Gasteiger partial charge < -0.3 is 24.4 Å². The number of ether oxygens (including phenoxy) is 2. The van der Waals surface area contributed by atoms with Crippen LogP contribution < -0.4 is 0 Å². The van der Waals surface area contributed by atoms with Crippen LogP contribution in [0, 0.1) is 11.8 Å². The van der Waals surface area contributed by atoms with Crippen LogP contribution in [-0.4, -0.2) is 91.7 Å². The van der Waals surface area contributed by atoms with Crippen LogP contribution in [0.4, 0.5) is 0 Å². The van der Waals surface area contributed by atoms with Crippen molar-refractivity contribution in [2.75, 3.05) is 26.3 Å². The third-order valence-electron chi connectivity index (χ3n) is 7.32. The highest BCUT2D eigenvalue weighted by Gasteiger charge is 2.75. The van der Waals surface area contributed by atoms with Crippen LogP contribution in [0.2, 0.25) is 0 Å². The van der Waals surface area contributed by atoms with Crippen molar-refractivity contribution < 1.29 is 29.0 Å². The molecule has 1 aromatic carbocycles. The van der Waals surface area contributed by atoms with E-state index in [0.29, 0.717) is 18.4 Å². The second kappa shape index (κ2) is 9.04. The molecule has 2 bridgehead atoms. The second-order valence-electron chi connectivity index (χ2n) is 9.13. The fourth-order valence-electron chi connectivity index (χ4n) is 6.02. The molecule has 0 radical (unpaired) electrons. The second-order valence-corrected chi connectivity index (χ2v) is 9.13.